The standard InChI is InChI=1S/C12H10ClFINO2/c1-16-8(5-13)10(15)12(17)7-3-6(14)4-9(18-2)11(7)16/h3-4H,5H2,1-2H3. The van der Waals surface area contributed by atoms with E-state index < -0.39 is 5.82 Å². The zero-order chi connectivity index (χ0) is 13.4. The molecule has 0 bridgehead atoms. The number of halogens is 3. The number of rotatable bonds is 2. The van der Waals surface area contributed by atoms with Crippen LogP contribution in [0.5, 0.6) is 5.75 Å². The molecule has 0 aliphatic rings. The Morgan fingerprint density at radius 2 is 2.17 bits per heavy atom. The summed E-state index contributed by atoms with van der Waals surface area (Å²) in [7, 11) is 3.22. The van der Waals surface area contributed by atoms with Crippen LogP contribution in [-0.2, 0) is 12.9 Å². The number of aromatic nitrogens is 1. The lowest BCUT2D eigenvalue weighted by molar-refractivity contribution is 0.414. The van der Waals surface area contributed by atoms with Crippen molar-refractivity contribution in [1.82, 2.24) is 4.57 Å². The fourth-order valence-electron chi connectivity index (χ4n) is 1.93. The van der Waals surface area contributed by atoms with Crippen molar-refractivity contribution in [3.63, 3.8) is 0 Å². The lowest BCUT2D eigenvalue weighted by Crippen LogP contribution is -2.17. The molecule has 3 nitrogen and oxygen atoms in total. The number of alkyl halides is 1. The quantitative estimate of drug-likeness (QED) is 0.591. The molecular formula is C12H10ClFINO2. The number of pyridine rings is 1. The molecule has 0 radical (unpaired) electrons. The summed E-state index contributed by atoms with van der Waals surface area (Å²) in [6.07, 6.45) is 0. The van der Waals surface area contributed by atoms with Crippen molar-refractivity contribution in [3.05, 3.63) is 37.4 Å². The molecular weight excluding hydrogens is 371 g/mol. The van der Waals surface area contributed by atoms with Gasteiger partial charge in [-0.3, -0.25) is 4.79 Å². The average Bonchev–Trinajstić information content (AvgIpc) is 2.35. The Morgan fingerprint density at radius 3 is 2.72 bits per heavy atom. The maximum Gasteiger partial charge on any atom is 0.203 e. The van der Waals surface area contributed by atoms with E-state index in [0.29, 0.717) is 25.9 Å². The van der Waals surface area contributed by atoms with Crippen molar-refractivity contribution in [2.75, 3.05) is 7.11 Å². The minimum atomic E-state index is -0.495. The number of ether oxygens (including phenoxy) is 1. The molecule has 1 aromatic carbocycles. The van der Waals surface area contributed by atoms with Crippen molar-refractivity contribution in [1.29, 1.82) is 0 Å². The second kappa shape index (κ2) is 5.05. The zero-order valence-electron chi connectivity index (χ0n) is 9.76. The predicted octanol–water partition coefficient (Wildman–Crippen LogP) is 3.03. The van der Waals surface area contributed by atoms with Gasteiger partial charge in [0.25, 0.3) is 0 Å². The Hall–Kier alpha value is -0.820. The second-order valence-electron chi connectivity index (χ2n) is 3.79. The van der Waals surface area contributed by atoms with Crippen molar-refractivity contribution < 1.29 is 9.13 Å². The number of hydrogen-bond acceptors (Lipinski definition) is 2. The monoisotopic (exact) mass is 381 g/mol. The van der Waals surface area contributed by atoms with E-state index in [1.54, 1.807) is 11.6 Å². The van der Waals surface area contributed by atoms with Gasteiger partial charge in [-0.05, 0) is 28.7 Å². The normalized spacial score (nSPS) is 10.9. The Morgan fingerprint density at radius 1 is 1.50 bits per heavy atom. The third kappa shape index (κ3) is 1.99. The molecule has 0 aliphatic carbocycles. The van der Waals surface area contributed by atoms with Crippen LogP contribution < -0.4 is 10.2 Å². The highest BCUT2D eigenvalue weighted by atomic mass is 127. The van der Waals surface area contributed by atoms with E-state index in [-0.39, 0.29) is 11.3 Å². The number of nitrogens with zero attached hydrogens (tertiary/aromatic N) is 1. The van der Waals surface area contributed by atoms with Gasteiger partial charge in [-0.1, -0.05) is 0 Å². The first-order chi connectivity index (χ1) is 8.51. The van der Waals surface area contributed by atoms with E-state index in [4.69, 9.17) is 16.3 Å². The van der Waals surface area contributed by atoms with Crippen molar-refractivity contribution >= 4 is 45.1 Å². The van der Waals surface area contributed by atoms with Gasteiger partial charge in [0, 0.05) is 13.1 Å². The molecule has 2 aromatic rings. The fourth-order valence-corrected chi connectivity index (χ4v) is 3.31. The minimum Gasteiger partial charge on any atom is -0.494 e. The number of aryl methyl sites for hydroxylation is 1. The van der Waals surface area contributed by atoms with E-state index in [2.05, 4.69) is 0 Å². The summed E-state index contributed by atoms with van der Waals surface area (Å²) in [6, 6.07) is 2.48. The highest BCUT2D eigenvalue weighted by Crippen LogP contribution is 2.27. The number of benzene rings is 1. The lowest BCUT2D eigenvalue weighted by Gasteiger charge is -2.15. The molecule has 0 amide bonds. The van der Waals surface area contributed by atoms with E-state index in [1.165, 1.54) is 19.2 Å². The number of hydrogen-bond donors (Lipinski definition) is 0. The van der Waals surface area contributed by atoms with E-state index in [9.17, 15) is 9.18 Å². The first-order valence-corrected chi connectivity index (χ1v) is 6.73. The fraction of sp³-hybridized carbons (Fsp3) is 0.250. The molecule has 96 valence electrons. The molecule has 0 N–H and O–H groups in total. The van der Waals surface area contributed by atoms with Crippen LogP contribution in [0.1, 0.15) is 5.69 Å². The molecule has 0 atom stereocenters. The maximum atomic E-state index is 13.5. The molecule has 2 rings (SSSR count). The Kier molecular flexibility index (Phi) is 3.82. The van der Waals surface area contributed by atoms with Crippen LogP contribution in [0.15, 0.2) is 16.9 Å². The molecule has 0 aliphatic heterocycles. The summed E-state index contributed by atoms with van der Waals surface area (Å²) in [6.45, 7) is 0. The highest BCUT2D eigenvalue weighted by Gasteiger charge is 2.16. The molecule has 0 unspecified atom stereocenters. The predicted molar refractivity (Wildman–Crippen MR) is 78.0 cm³/mol. The van der Waals surface area contributed by atoms with Crippen molar-refractivity contribution in [3.8, 4) is 5.75 Å². The molecule has 0 saturated carbocycles. The summed E-state index contributed by atoms with van der Waals surface area (Å²) in [5, 5.41) is 0.299. The van der Waals surface area contributed by atoms with Gasteiger partial charge in [-0.2, -0.15) is 0 Å². The van der Waals surface area contributed by atoms with Crippen LogP contribution in [0.2, 0.25) is 0 Å². The molecule has 1 aromatic heterocycles. The molecule has 0 saturated heterocycles. The molecule has 6 heteroatoms. The van der Waals surface area contributed by atoms with Gasteiger partial charge in [-0.15, -0.1) is 11.6 Å². The van der Waals surface area contributed by atoms with E-state index in [1.807, 2.05) is 22.6 Å². The van der Waals surface area contributed by atoms with Gasteiger partial charge in [0.05, 0.1) is 33.2 Å². The summed E-state index contributed by atoms with van der Waals surface area (Å²) in [5.41, 5.74) is 1.02. The third-order valence-electron chi connectivity index (χ3n) is 2.82. The van der Waals surface area contributed by atoms with Crippen molar-refractivity contribution in [2.45, 2.75) is 5.88 Å². The van der Waals surface area contributed by atoms with Crippen LogP contribution in [0.3, 0.4) is 0 Å². The van der Waals surface area contributed by atoms with E-state index >= 15 is 0 Å². The smallest absolute Gasteiger partial charge is 0.203 e. The average molecular weight is 382 g/mol. The number of methoxy groups -OCH3 is 1. The van der Waals surface area contributed by atoms with Crippen LogP contribution >= 0.6 is 34.2 Å². The van der Waals surface area contributed by atoms with Crippen LogP contribution in [0.25, 0.3) is 10.9 Å². The number of fused-ring (bicyclic) bond motifs is 1. The summed E-state index contributed by atoms with van der Waals surface area (Å²) in [4.78, 5) is 12.2. The topological polar surface area (TPSA) is 31.2 Å². The van der Waals surface area contributed by atoms with Gasteiger partial charge in [-0.25, -0.2) is 4.39 Å². The Bertz CT molecular complexity index is 684. The summed E-state index contributed by atoms with van der Waals surface area (Å²) < 4.78 is 20.9. The summed E-state index contributed by atoms with van der Waals surface area (Å²) in [5.74, 6) is 0.0405. The van der Waals surface area contributed by atoms with Crippen LogP contribution in [-0.4, -0.2) is 11.7 Å². The Labute approximate surface area is 122 Å². The highest BCUT2D eigenvalue weighted by molar-refractivity contribution is 14.1. The minimum absolute atomic E-state index is 0.209. The molecule has 1 heterocycles. The van der Waals surface area contributed by atoms with Gasteiger partial charge in [0.2, 0.25) is 5.43 Å². The molecule has 0 fully saturated rings. The summed E-state index contributed by atoms with van der Waals surface area (Å²) >= 11 is 7.79. The van der Waals surface area contributed by atoms with Gasteiger partial charge >= 0.3 is 0 Å². The zero-order valence-corrected chi connectivity index (χ0v) is 12.7. The van der Waals surface area contributed by atoms with Gasteiger partial charge in [0.15, 0.2) is 0 Å². The SMILES string of the molecule is COc1cc(F)cc2c(=O)c(I)c(CCl)n(C)c12. The maximum absolute atomic E-state index is 13.5. The molecule has 18 heavy (non-hydrogen) atoms. The van der Waals surface area contributed by atoms with E-state index in [0.717, 1.165) is 0 Å². The van der Waals surface area contributed by atoms with Crippen LogP contribution in [0.4, 0.5) is 4.39 Å². The van der Waals surface area contributed by atoms with Crippen molar-refractivity contribution in [2.24, 2.45) is 7.05 Å². The largest absolute Gasteiger partial charge is 0.494 e. The first-order valence-electron chi connectivity index (χ1n) is 5.11. The van der Waals surface area contributed by atoms with Crippen LogP contribution in [0, 0.1) is 9.39 Å². The molecule has 0 spiro atoms. The Balaban J connectivity index is 3.07. The second-order valence-corrected chi connectivity index (χ2v) is 5.13. The third-order valence-corrected chi connectivity index (χ3v) is 4.19. The lowest BCUT2D eigenvalue weighted by atomic mass is 10.1. The van der Waals surface area contributed by atoms with Gasteiger partial charge < -0.3 is 9.30 Å². The first kappa shape index (κ1) is 13.6. The van der Waals surface area contributed by atoms with Gasteiger partial charge in [0.1, 0.15) is 11.6 Å².